The predicted octanol–water partition coefficient (Wildman–Crippen LogP) is 6.59. The van der Waals surface area contributed by atoms with Crippen molar-refractivity contribution >= 4 is 17.9 Å². The molecule has 0 radical (unpaired) electrons. The second kappa shape index (κ2) is 13.1. The van der Waals surface area contributed by atoms with Crippen molar-refractivity contribution in [1.29, 1.82) is 0 Å². The highest BCUT2D eigenvalue weighted by Crippen LogP contribution is 2.65. The van der Waals surface area contributed by atoms with E-state index in [0.29, 0.717) is 18.8 Å². The number of ether oxygens (including phenoxy) is 3. The van der Waals surface area contributed by atoms with Crippen molar-refractivity contribution in [1.82, 2.24) is 0 Å². The van der Waals surface area contributed by atoms with E-state index in [1.54, 1.807) is 0 Å². The average Bonchev–Trinajstić information content (AvgIpc) is 3.02. The molecule has 0 amide bonds. The Morgan fingerprint density at radius 3 is 2.25 bits per heavy atom. The molecule has 0 bridgehead atoms. The van der Waals surface area contributed by atoms with Crippen LogP contribution in [-0.2, 0) is 28.6 Å². The van der Waals surface area contributed by atoms with Gasteiger partial charge in [-0.2, -0.15) is 0 Å². The minimum absolute atomic E-state index is 0.0245. The Hall–Kier alpha value is -2.41. The van der Waals surface area contributed by atoms with Crippen molar-refractivity contribution in [3.63, 3.8) is 0 Å². The molecule has 224 valence electrons. The smallest absolute Gasteiger partial charge is 0.306 e. The summed E-state index contributed by atoms with van der Waals surface area (Å²) in [6.45, 7) is 16.9. The van der Waals surface area contributed by atoms with Gasteiger partial charge in [0.2, 0.25) is 0 Å². The number of allylic oxidation sites excluding steroid dienone is 3. The summed E-state index contributed by atoms with van der Waals surface area (Å²) in [6.07, 6.45) is 10.2. The lowest BCUT2D eigenvalue weighted by Gasteiger charge is -2.45. The van der Waals surface area contributed by atoms with Crippen LogP contribution in [0.5, 0.6) is 0 Å². The average molecular weight is 559 g/mol. The molecule has 0 aromatic carbocycles. The molecule has 0 spiro atoms. The SMILES string of the molecule is C=C1CC[C@H](O)C/C1=C\C=C1/CCC[C@]2(C)[C@H]1C(OC(C)=O)C(OC(C)=O)(OC(C)=O)[C@@H]2[C@H](C)CCCC(C)C. The Kier molecular flexibility index (Phi) is 10.5. The quantitative estimate of drug-likeness (QED) is 0.252. The van der Waals surface area contributed by atoms with Crippen LogP contribution in [0.1, 0.15) is 106 Å². The van der Waals surface area contributed by atoms with E-state index in [9.17, 15) is 19.5 Å². The van der Waals surface area contributed by atoms with E-state index in [0.717, 1.165) is 61.7 Å². The molecule has 3 fully saturated rings. The van der Waals surface area contributed by atoms with Gasteiger partial charge in [0.25, 0.3) is 5.79 Å². The second-order valence-corrected chi connectivity index (χ2v) is 13.0. The van der Waals surface area contributed by atoms with Crippen LogP contribution >= 0.6 is 0 Å². The topological polar surface area (TPSA) is 99.1 Å². The lowest BCUT2D eigenvalue weighted by atomic mass is 9.60. The molecule has 3 aliphatic rings. The monoisotopic (exact) mass is 558 g/mol. The summed E-state index contributed by atoms with van der Waals surface area (Å²) in [4.78, 5) is 37.9. The molecule has 3 aliphatic carbocycles. The number of carbonyl (C=O) groups is 3. The summed E-state index contributed by atoms with van der Waals surface area (Å²) in [5.74, 6) is -3.53. The largest absolute Gasteiger partial charge is 0.454 e. The molecule has 40 heavy (non-hydrogen) atoms. The first-order chi connectivity index (χ1) is 18.7. The number of hydrogen-bond acceptors (Lipinski definition) is 7. The molecule has 0 heterocycles. The van der Waals surface area contributed by atoms with Crippen LogP contribution in [0.3, 0.4) is 0 Å². The van der Waals surface area contributed by atoms with Crippen molar-refractivity contribution in [2.24, 2.45) is 29.1 Å². The van der Waals surface area contributed by atoms with Crippen LogP contribution in [-0.4, -0.2) is 41.0 Å². The molecule has 0 aromatic heterocycles. The summed E-state index contributed by atoms with van der Waals surface area (Å²) in [5.41, 5.74) is 2.65. The molecule has 1 unspecified atom stereocenters. The fourth-order valence-corrected chi connectivity index (χ4v) is 7.85. The Balaban J connectivity index is 2.20. The van der Waals surface area contributed by atoms with Crippen LogP contribution in [0.15, 0.2) is 35.5 Å². The van der Waals surface area contributed by atoms with Crippen LogP contribution in [0, 0.1) is 29.1 Å². The third kappa shape index (κ3) is 6.89. The van der Waals surface area contributed by atoms with Gasteiger partial charge >= 0.3 is 17.9 Å². The first kappa shape index (κ1) is 32.1. The molecule has 3 saturated carbocycles. The third-order valence-corrected chi connectivity index (χ3v) is 9.23. The predicted molar refractivity (Wildman–Crippen MR) is 154 cm³/mol. The summed E-state index contributed by atoms with van der Waals surface area (Å²) < 4.78 is 18.2. The number of fused-ring (bicyclic) bond motifs is 1. The third-order valence-electron chi connectivity index (χ3n) is 9.23. The van der Waals surface area contributed by atoms with E-state index in [1.807, 2.05) is 6.08 Å². The molecule has 7 heteroatoms. The number of esters is 3. The number of aliphatic hydroxyl groups excluding tert-OH is 1. The van der Waals surface area contributed by atoms with Crippen molar-refractivity contribution in [2.75, 3.05) is 0 Å². The van der Waals surface area contributed by atoms with Crippen LogP contribution in [0.4, 0.5) is 0 Å². The van der Waals surface area contributed by atoms with Crippen molar-refractivity contribution in [3.8, 4) is 0 Å². The summed E-state index contributed by atoms with van der Waals surface area (Å²) >= 11 is 0. The van der Waals surface area contributed by atoms with Gasteiger partial charge in [-0.3, -0.25) is 14.4 Å². The van der Waals surface area contributed by atoms with Crippen LogP contribution in [0.25, 0.3) is 0 Å². The van der Waals surface area contributed by atoms with Gasteiger partial charge in [0.05, 0.1) is 6.10 Å². The Bertz CT molecular complexity index is 1020. The van der Waals surface area contributed by atoms with Gasteiger partial charge in [-0.05, 0) is 61.3 Å². The van der Waals surface area contributed by atoms with Gasteiger partial charge in [-0.25, -0.2) is 0 Å². The zero-order valence-corrected chi connectivity index (χ0v) is 25.6. The second-order valence-electron chi connectivity index (χ2n) is 13.0. The van der Waals surface area contributed by atoms with Gasteiger partial charge in [0, 0.05) is 32.6 Å². The van der Waals surface area contributed by atoms with Gasteiger partial charge in [-0.1, -0.05) is 76.8 Å². The van der Waals surface area contributed by atoms with Crippen molar-refractivity contribution in [3.05, 3.63) is 35.5 Å². The number of aliphatic hydroxyl groups is 1. The zero-order valence-electron chi connectivity index (χ0n) is 25.6. The van der Waals surface area contributed by atoms with E-state index in [1.165, 1.54) is 20.8 Å². The van der Waals surface area contributed by atoms with Gasteiger partial charge in [0.15, 0.2) is 6.10 Å². The van der Waals surface area contributed by atoms with E-state index in [2.05, 4.69) is 40.3 Å². The lowest BCUT2D eigenvalue weighted by Crippen LogP contribution is -2.55. The van der Waals surface area contributed by atoms with E-state index in [4.69, 9.17) is 14.2 Å². The minimum atomic E-state index is -1.73. The highest BCUT2D eigenvalue weighted by molar-refractivity contribution is 5.70. The van der Waals surface area contributed by atoms with Crippen LogP contribution in [0.2, 0.25) is 0 Å². The Morgan fingerprint density at radius 2 is 1.68 bits per heavy atom. The van der Waals surface area contributed by atoms with Crippen molar-refractivity contribution < 1.29 is 33.7 Å². The molecule has 1 N–H and O–H groups in total. The number of carbonyl (C=O) groups excluding carboxylic acids is 3. The van der Waals surface area contributed by atoms with Gasteiger partial charge < -0.3 is 19.3 Å². The molecule has 0 aromatic rings. The summed E-state index contributed by atoms with van der Waals surface area (Å²) in [7, 11) is 0. The molecule has 0 aliphatic heterocycles. The van der Waals surface area contributed by atoms with E-state index in [-0.39, 0.29) is 23.9 Å². The molecular formula is C33H50O7. The first-order valence-corrected chi connectivity index (χ1v) is 15.0. The maximum atomic E-state index is 12.7. The normalized spacial score (nSPS) is 32.6. The van der Waals surface area contributed by atoms with Gasteiger partial charge in [-0.15, -0.1) is 0 Å². The molecule has 0 saturated heterocycles. The van der Waals surface area contributed by atoms with E-state index < -0.39 is 35.2 Å². The first-order valence-electron chi connectivity index (χ1n) is 15.0. The van der Waals surface area contributed by atoms with Crippen LogP contribution < -0.4 is 0 Å². The maximum absolute atomic E-state index is 12.7. The minimum Gasteiger partial charge on any atom is -0.454 e. The highest BCUT2D eigenvalue weighted by Gasteiger charge is 2.73. The lowest BCUT2D eigenvalue weighted by molar-refractivity contribution is -0.280. The highest BCUT2D eigenvalue weighted by atomic mass is 16.8. The number of rotatable bonds is 9. The zero-order chi connectivity index (χ0) is 29.8. The number of hydrogen-bond donors (Lipinski definition) is 1. The maximum Gasteiger partial charge on any atom is 0.306 e. The van der Waals surface area contributed by atoms with E-state index >= 15 is 0 Å². The molecule has 3 rings (SSSR count). The van der Waals surface area contributed by atoms with Gasteiger partial charge in [0.1, 0.15) is 0 Å². The summed E-state index contributed by atoms with van der Waals surface area (Å²) in [6, 6.07) is 0. The summed E-state index contributed by atoms with van der Waals surface area (Å²) in [5, 5.41) is 10.2. The Labute approximate surface area is 240 Å². The fraction of sp³-hybridized carbons (Fsp3) is 0.727. The molecule has 7 nitrogen and oxygen atoms in total. The molecular weight excluding hydrogens is 508 g/mol. The standard InChI is InChI=1S/C33H50O7/c1-20(2)11-9-12-22(4)30-32(8)18-10-13-26(15-16-27-19-28(37)17-14-21(27)3)29(32)31(38-23(5)34)33(30,39-24(6)35)40-25(7)36/h15-16,20,22,28-31,37H,3,9-14,17-19H2,1-2,4-8H3/b26-15+,27-16+/t22-,28+,29-,30-,31?,32-/m1/s1. The fourth-order valence-electron chi connectivity index (χ4n) is 7.85. The van der Waals surface area contributed by atoms with Crippen molar-refractivity contribution in [2.45, 2.75) is 124 Å². The molecule has 6 atom stereocenters. The Morgan fingerprint density at radius 1 is 1.02 bits per heavy atom.